The van der Waals surface area contributed by atoms with Crippen LogP contribution < -0.4 is 5.32 Å². The highest BCUT2D eigenvalue weighted by atomic mass is 35.5. The van der Waals surface area contributed by atoms with Gasteiger partial charge in [0.1, 0.15) is 0 Å². The standard InChI is InChI=1S/C8H16ClNO2/c1-8(2,12)6-10-7(11)4-3-5-9/h12H,3-6H2,1-2H3,(H,10,11). The second-order valence-corrected chi connectivity index (χ2v) is 3.76. The molecule has 0 aliphatic heterocycles. The Labute approximate surface area is 78.1 Å². The third-order valence-electron chi connectivity index (χ3n) is 1.26. The summed E-state index contributed by atoms with van der Waals surface area (Å²) in [6.45, 7) is 3.58. The second kappa shape index (κ2) is 5.38. The zero-order valence-electron chi connectivity index (χ0n) is 7.56. The lowest BCUT2D eigenvalue weighted by Crippen LogP contribution is -2.38. The third kappa shape index (κ3) is 7.82. The van der Waals surface area contributed by atoms with Crippen LogP contribution in [0, 0.1) is 0 Å². The van der Waals surface area contributed by atoms with E-state index in [2.05, 4.69) is 5.32 Å². The molecular weight excluding hydrogens is 178 g/mol. The predicted octanol–water partition coefficient (Wildman–Crippen LogP) is 0.892. The Bertz CT molecular complexity index is 142. The molecule has 0 atom stereocenters. The predicted molar refractivity (Wildman–Crippen MR) is 49.3 cm³/mol. The van der Waals surface area contributed by atoms with E-state index in [0.717, 1.165) is 0 Å². The molecule has 2 N–H and O–H groups in total. The number of rotatable bonds is 5. The summed E-state index contributed by atoms with van der Waals surface area (Å²) in [5, 5.41) is 11.9. The van der Waals surface area contributed by atoms with E-state index >= 15 is 0 Å². The lowest BCUT2D eigenvalue weighted by molar-refractivity contribution is -0.122. The summed E-state index contributed by atoms with van der Waals surface area (Å²) in [6, 6.07) is 0. The molecule has 3 nitrogen and oxygen atoms in total. The number of alkyl halides is 1. The van der Waals surface area contributed by atoms with Crippen molar-refractivity contribution in [3.05, 3.63) is 0 Å². The SMILES string of the molecule is CC(C)(O)CNC(=O)CCCCl. The summed E-state index contributed by atoms with van der Waals surface area (Å²) in [6.07, 6.45) is 1.11. The summed E-state index contributed by atoms with van der Waals surface area (Å²) < 4.78 is 0. The summed E-state index contributed by atoms with van der Waals surface area (Å²) in [5.41, 5.74) is -0.837. The topological polar surface area (TPSA) is 49.3 Å². The van der Waals surface area contributed by atoms with E-state index in [1.165, 1.54) is 0 Å². The molecular formula is C8H16ClNO2. The largest absolute Gasteiger partial charge is 0.389 e. The lowest BCUT2D eigenvalue weighted by Gasteiger charge is -2.17. The normalized spacial score (nSPS) is 11.3. The molecule has 0 heterocycles. The van der Waals surface area contributed by atoms with E-state index in [4.69, 9.17) is 11.6 Å². The average molecular weight is 194 g/mol. The molecule has 0 aromatic heterocycles. The first-order valence-corrected chi connectivity index (χ1v) is 4.54. The van der Waals surface area contributed by atoms with Crippen molar-refractivity contribution >= 4 is 17.5 Å². The molecule has 0 aromatic rings. The molecule has 12 heavy (non-hydrogen) atoms. The van der Waals surface area contributed by atoms with Crippen molar-refractivity contribution < 1.29 is 9.90 Å². The molecule has 1 amide bonds. The number of halogens is 1. The van der Waals surface area contributed by atoms with Crippen LogP contribution in [0.3, 0.4) is 0 Å². The van der Waals surface area contributed by atoms with Crippen molar-refractivity contribution in [3.63, 3.8) is 0 Å². The first kappa shape index (κ1) is 11.7. The van der Waals surface area contributed by atoms with Crippen LogP contribution in [-0.2, 0) is 4.79 Å². The molecule has 0 radical (unpaired) electrons. The molecule has 0 bridgehead atoms. The first-order chi connectivity index (χ1) is 5.45. The van der Waals surface area contributed by atoms with Crippen LogP contribution in [0.1, 0.15) is 26.7 Å². The number of carbonyl (C=O) groups excluding carboxylic acids is 1. The Morgan fingerprint density at radius 1 is 1.58 bits per heavy atom. The fourth-order valence-electron chi connectivity index (χ4n) is 0.631. The molecule has 0 fully saturated rings. The fourth-order valence-corrected chi connectivity index (χ4v) is 0.764. The van der Waals surface area contributed by atoms with Gasteiger partial charge in [-0.05, 0) is 20.3 Å². The van der Waals surface area contributed by atoms with Gasteiger partial charge in [-0.3, -0.25) is 4.79 Å². The zero-order chi connectivity index (χ0) is 9.61. The summed E-state index contributed by atoms with van der Waals surface area (Å²) >= 11 is 5.41. The molecule has 0 aliphatic carbocycles. The van der Waals surface area contributed by atoms with Crippen molar-refractivity contribution in [1.29, 1.82) is 0 Å². The Balaban J connectivity index is 3.44. The van der Waals surface area contributed by atoms with E-state index in [-0.39, 0.29) is 12.5 Å². The number of hydrogen-bond donors (Lipinski definition) is 2. The summed E-state index contributed by atoms with van der Waals surface area (Å²) in [5.74, 6) is 0.438. The zero-order valence-corrected chi connectivity index (χ0v) is 8.32. The average Bonchev–Trinajstić information content (AvgIpc) is 1.95. The van der Waals surface area contributed by atoms with Crippen LogP contribution in [0.4, 0.5) is 0 Å². The molecule has 72 valence electrons. The van der Waals surface area contributed by atoms with Gasteiger partial charge < -0.3 is 10.4 Å². The maximum atomic E-state index is 11.0. The number of carbonyl (C=O) groups is 1. The van der Waals surface area contributed by atoms with E-state index in [1.807, 2.05) is 0 Å². The van der Waals surface area contributed by atoms with Crippen LogP contribution in [-0.4, -0.2) is 29.0 Å². The van der Waals surface area contributed by atoms with E-state index < -0.39 is 5.60 Å². The minimum Gasteiger partial charge on any atom is -0.389 e. The maximum absolute atomic E-state index is 11.0. The van der Waals surface area contributed by atoms with Gasteiger partial charge in [0.15, 0.2) is 0 Å². The number of aliphatic hydroxyl groups is 1. The van der Waals surface area contributed by atoms with Gasteiger partial charge in [0.25, 0.3) is 0 Å². The van der Waals surface area contributed by atoms with Crippen LogP contribution in [0.25, 0.3) is 0 Å². The van der Waals surface area contributed by atoms with Crippen molar-refractivity contribution in [2.75, 3.05) is 12.4 Å². The Hall–Kier alpha value is -0.280. The third-order valence-corrected chi connectivity index (χ3v) is 1.52. The minimum absolute atomic E-state index is 0.0576. The molecule has 4 heteroatoms. The van der Waals surface area contributed by atoms with Crippen molar-refractivity contribution in [2.24, 2.45) is 0 Å². The highest BCUT2D eigenvalue weighted by Crippen LogP contribution is 1.98. The van der Waals surface area contributed by atoms with Gasteiger partial charge in [-0.15, -0.1) is 11.6 Å². The monoisotopic (exact) mass is 193 g/mol. The van der Waals surface area contributed by atoms with Crippen molar-refractivity contribution in [2.45, 2.75) is 32.3 Å². The van der Waals surface area contributed by atoms with Gasteiger partial charge >= 0.3 is 0 Å². The van der Waals surface area contributed by atoms with E-state index in [9.17, 15) is 9.90 Å². The quantitative estimate of drug-likeness (QED) is 0.638. The second-order valence-electron chi connectivity index (χ2n) is 3.38. The van der Waals surface area contributed by atoms with Crippen LogP contribution in [0.5, 0.6) is 0 Å². The van der Waals surface area contributed by atoms with Gasteiger partial charge in [0.2, 0.25) is 5.91 Å². The molecule has 0 saturated heterocycles. The van der Waals surface area contributed by atoms with Crippen LogP contribution in [0.2, 0.25) is 0 Å². The van der Waals surface area contributed by atoms with Crippen LogP contribution >= 0.6 is 11.6 Å². The van der Waals surface area contributed by atoms with Gasteiger partial charge in [-0.1, -0.05) is 0 Å². The molecule has 0 aliphatic rings. The Kier molecular flexibility index (Phi) is 5.25. The highest BCUT2D eigenvalue weighted by Gasteiger charge is 2.13. The lowest BCUT2D eigenvalue weighted by atomic mass is 10.1. The smallest absolute Gasteiger partial charge is 0.220 e. The molecule has 0 rings (SSSR count). The number of hydrogen-bond acceptors (Lipinski definition) is 2. The molecule has 0 spiro atoms. The molecule has 0 saturated carbocycles. The van der Waals surface area contributed by atoms with E-state index in [0.29, 0.717) is 18.7 Å². The number of amides is 1. The Morgan fingerprint density at radius 3 is 2.58 bits per heavy atom. The van der Waals surface area contributed by atoms with Gasteiger partial charge in [0.05, 0.1) is 5.60 Å². The summed E-state index contributed by atoms with van der Waals surface area (Å²) in [7, 11) is 0. The van der Waals surface area contributed by atoms with Crippen LogP contribution in [0.15, 0.2) is 0 Å². The minimum atomic E-state index is -0.837. The van der Waals surface area contributed by atoms with E-state index in [1.54, 1.807) is 13.8 Å². The molecule has 0 aromatic carbocycles. The molecule has 0 unspecified atom stereocenters. The van der Waals surface area contributed by atoms with Crippen molar-refractivity contribution in [3.8, 4) is 0 Å². The van der Waals surface area contributed by atoms with Crippen molar-refractivity contribution in [1.82, 2.24) is 5.32 Å². The highest BCUT2D eigenvalue weighted by molar-refractivity contribution is 6.17. The first-order valence-electron chi connectivity index (χ1n) is 4.01. The maximum Gasteiger partial charge on any atom is 0.220 e. The Morgan fingerprint density at radius 2 is 2.17 bits per heavy atom. The van der Waals surface area contributed by atoms with Gasteiger partial charge in [-0.2, -0.15) is 0 Å². The van der Waals surface area contributed by atoms with Gasteiger partial charge in [0, 0.05) is 18.8 Å². The summed E-state index contributed by atoms with van der Waals surface area (Å²) in [4.78, 5) is 11.0. The fraction of sp³-hybridized carbons (Fsp3) is 0.875. The van der Waals surface area contributed by atoms with Gasteiger partial charge in [-0.25, -0.2) is 0 Å². The number of nitrogens with one attached hydrogen (secondary N) is 1.